The number of aromatic nitrogens is 2. The minimum Gasteiger partial charge on any atom is -0.334 e. The molecule has 0 aliphatic heterocycles. The fourth-order valence-corrected chi connectivity index (χ4v) is 2.06. The number of imidazole rings is 1. The molecule has 3 heteroatoms. The Balaban J connectivity index is 2.79. The van der Waals surface area contributed by atoms with E-state index < -0.39 is 0 Å². The van der Waals surface area contributed by atoms with Crippen LogP contribution in [0.3, 0.4) is 0 Å². The molecule has 0 radical (unpaired) electrons. The van der Waals surface area contributed by atoms with Crippen LogP contribution < -0.4 is 5.73 Å². The van der Waals surface area contributed by atoms with E-state index in [-0.39, 0.29) is 6.04 Å². The summed E-state index contributed by atoms with van der Waals surface area (Å²) in [4.78, 5) is 4.39. The molecule has 1 heterocycles. The van der Waals surface area contributed by atoms with Gasteiger partial charge < -0.3 is 10.3 Å². The zero-order chi connectivity index (χ0) is 11.3. The van der Waals surface area contributed by atoms with Gasteiger partial charge in [-0.2, -0.15) is 0 Å². The van der Waals surface area contributed by atoms with Gasteiger partial charge in [0.2, 0.25) is 0 Å². The molecule has 0 aliphatic rings. The maximum atomic E-state index is 6.25. The van der Waals surface area contributed by atoms with E-state index in [9.17, 15) is 0 Å². The Morgan fingerprint density at radius 2 is 2.00 bits per heavy atom. The highest BCUT2D eigenvalue weighted by Gasteiger charge is 2.19. The maximum absolute atomic E-state index is 6.25. The Labute approximate surface area is 92.7 Å². The first-order chi connectivity index (χ1) is 7.24. The molecule has 1 atom stereocenters. The van der Waals surface area contributed by atoms with E-state index in [1.165, 1.54) is 0 Å². The van der Waals surface area contributed by atoms with Crippen molar-refractivity contribution in [3.8, 4) is 0 Å². The van der Waals surface area contributed by atoms with Gasteiger partial charge in [0.05, 0.1) is 6.04 Å². The van der Waals surface area contributed by atoms with Crippen LogP contribution in [0.5, 0.6) is 0 Å². The Hall–Kier alpha value is -0.830. The largest absolute Gasteiger partial charge is 0.334 e. The van der Waals surface area contributed by atoms with Crippen LogP contribution in [-0.2, 0) is 6.54 Å². The van der Waals surface area contributed by atoms with Crippen molar-refractivity contribution in [3.05, 3.63) is 18.2 Å². The molecule has 15 heavy (non-hydrogen) atoms. The summed E-state index contributed by atoms with van der Waals surface area (Å²) in [5.74, 6) is 1.59. The van der Waals surface area contributed by atoms with E-state index >= 15 is 0 Å². The van der Waals surface area contributed by atoms with Gasteiger partial charge >= 0.3 is 0 Å². The van der Waals surface area contributed by atoms with Crippen molar-refractivity contribution in [1.82, 2.24) is 9.55 Å². The highest BCUT2D eigenvalue weighted by molar-refractivity contribution is 5.00. The molecular weight excluding hydrogens is 186 g/mol. The zero-order valence-corrected chi connectivity index (χ0v) is 10.1. The van der Waals surface area contributed by atoms with Crippen LogP contribution in [0, 0.1) is 5.92 Å². The normalized spacial score (nSPS) is 13.4. The molecule has 0 fully saturated rings. The average molecular weight is 209 g/mol. The van der Waals surface area contributed by atoms with Gasteiger partial charge in [-0.1, -0.05) is 33.6 Å². The number of nitrogens with two attached hydrogens (primary N) is 1. The summed E-state index contributed by atoms with van der Waals surface area (Å²) < 4.78 is 2.18. The summed E-state index contributed by atoms with van der Waals surface area (Å²) in [6.45, 7) is 7.58. The molecule has 1 aromatic rings. The Bertz CT molecular complexity index is 276. The number of hydrogen-bond acceptors (Lipinski definition) is 2. The maximum Gasteiger partial charge on any atom is 0.125 e. The molecule has 0 aliphatic carbocycles. The van der Waals surface area contributed by atoms with Gasteiger partial charge in [-0.3, -0.25) is 0 Å². The molecule has 0 spiro atoms. The molecule has 86 valence electrons. The van der Waals surface area contributed by atoms with E-state index in [1.807, 2.05) is 12.4 Å². The summed E-state index contributed by atoms with van der Waals surface area (Å²) >= 11 is 0. The SMILES string of the molecule is CCCn1ccnc1C(N)C(CC)CC. The molecule has 0 saturated heterocycles. The average Bonchev–Trinajstić information content (AvgIpc) is 2.68. The summed E-state index contributed by atoms with van der Waals surface area (Å²) in [6.07, 6.45) is 7.25. The van der Waals surface area contributed by atoms with E-state index in [0.717, 1.165) is 31.6 Å². The monoisotopic (exact) mass is 209 g/mol. The second kappa shape index (κ2) is 5.91. The summed E-state index contributed by atoms with van der Waals surface area (Å²) in [6, 6.07) is 0.0848. The number of rotatable bonds is 6. The first-order valence-electron chi connectivity index (χ1n) is 6.01. The number of aryl methyl sites for hydroxylation is 1. The van der Waals surface area contributed by atoms with E-state index in [0.29, 0.717) is 5.92 Å². The quantitative estimate of drug-likeness (QED) is 0.783. The molecular formula is C12H23N3. The second-order valence-corrected chi connectivity index (χ2v) is 4.08. The van der Waals surface area contributed by atoms with Crippen molar-refractivity contribution < 1.29 is 0 Å². The van der Waals surface area contributed by atoms with Crippen molar-refractivity contribution in [2.45, 2.75) is 52.6 Å². The van der Waals surface area contributed by atoms with Crippen LogP contribution in [-0.4, -0.2) is 9.55 Å². The highest BCUT2D eigenvalue weighted by atomic mass is 15.1. The van der Waals surface area contributed by atoms with Crippen molar-refractivity contribution in [2.75, 3.05) is 0 Å². The number of hydrogen-bond donors (Lipinski definition) is 1. The molecule has 1 unspecified atom stereocenters. The van der Waals surface area contributed by atoms with Crippen LogP contribution in [0.15, 0.2) is 12.4 Å². The first-order valence-corrected chi connectivity index (χ1v) is 6.01. The Morgan fingerprint density at radius 3 is 2.53 bits per heavy atom. The van der Waals surface area contributed by atoms with Gasteiger partial charge in [-0.25, -0.2) is 4.98 Å². The predicted molar refractivity (Wildman–Crippen MR) is 63.5 cm³/mol. The molecule has 0 bridgehead atoms. The molecule has 0 aromatic carbocycles. The highest BCUT2D eigenvalue weighted by Crippen LogP contribution is 2.23. The Kier molecular flexibility index (Phi) is 4.82. The van der Waals surface area contributed by atoms with Crippen molar-refractivity contribution in [1.29, 1.82) is 0 Å². The summed E-state index contributed by atoms with van der Waals surface area (Å²) in [5, 5.41) is 0. The van der Waals surface area contributed by atoms with Crippen LogP contribution in [0.1, 0.15) is 51.9 Å². The number of nitrogens with zero attached hydrogens (tertiary/aromatic N) is 2. The minimum atomic E-state index is 0.0848. The van der Waals surface area contributed by atoms with Crippen molar-refractivity contribution in [2.24, 2.45) is 11.7 Å². The standard InChI is InChI=1S/C12H23N3/c1-4-8-15-9-7-14-12(15)11(13)10(5-2)6-3/h7,9-11H,4-6,8,13H2,1-3H3. The molecule has 0 saturated carbocycles. The van der Waals surface area contributed by atoms with E-state index in [4.69, 9.17) is 5.73 Å². The molecule has 1 aromatic heterocycles. The third-order valence-electron chi connectivity index (χ3n) is 3.07. The smallest absolute Gasteiger partial charge is 0.125 e. The lowest BCUT2D eigenvalue weighted by Gasteiger charge is -2.21. The van der Waals surface area contributed by atoms with Crippen LogP contribution >= 0.6 is 0 Å². The van der Waals surface area contributed by atoms with Gasteiger partial charge in [0.25, 0.3) is 0 Å². The van der Waals surface area contributed by atoms with E-state index in [2.05, 4.69) is 30.3 Å². The third kappa shape index (κ3) is 2.81. The molecule has 0 amide bonds. The first kappa shape index (κ1) is 12.2. The summed E-state index contributed by atoms with van der Waals surface area (Å²) in [5.41, 5.74) is 6.25. The van der Waals surface area contributed by atoms with Crippen molar-refractivity contribution in [3.63, 3.8) is 0 Å². The van der Waals surface area contributed by atoms with Gasteiger partial charge in [-0.05, 0) is 12.3 Å². The van der Waals surface area contributed by atoms with Gasteiger partial charge in [0.1, 0.15) is 5.82 Å². The fourth-order valence-electron chi connectivity index (χ4n) is 2.06. The van der Waals surface area contributed by atoms with Crippen LogP contribution in [0.25, 0.3) is 0 Å². The van der Waals surface area contributed by atoms with Gasteiger partial charge in [-0.15, -0.1) is 0 Å². The van der Waals surface area contributed by atoms with Crippen LogP contribution in [0.2, 0.25) is 0 Å². The second-order valence-electron chi connectivity index (χ2n) is 4.08. The summed E-state index contributed by atoms with van der Waals surface area (Å²) in [7, 11) is 0. The lowest BCUT2D eigenvalue weighted by Crippen LogP contribution is -2.24. The van der Waals surface area contributed by atoms with Gasteiger partial charge in [0, 0.05) is 18.9 Å². The van der Waals surface area contributed by atoms with Crippen LogP contribution in [0.4, 0.5) is 0 Å². The lowest BCUT2D eigenvalue weighted by molar-refractivity contribution is 0.379. The fraction of sp³-hybridized carbons (Fsp3) is 0.750. The minimum absolute atomic E-state index is 0.0848. The lowest BCUT2D eigenvalue weighted by atomic mass is 9.94. The van der Waals surface area contributed by atoms with Crippen molar-refractivity contribution >= 4 is 0 Å². The van der Waals surface area contributed by atoms with E-state index in [1.54, 1.807) is 0 Å². The molecule has 1 rings (SSSR count). The van der Waals surface area contributed by atoms with Gasteiger partial charge in [0.15, 0.2) is 0 Å². The molecule has 3 nitrogen and oxygen atoms in total. The Morgan fingerprint density at radius 1 is 1.33 bits per heavy atom. The zero-order valence-electron chi connectivity index (χ0n) is 10.1. The topological polar surface area (TPSA) is 43.8 Å². The third-order valence-corrected chi connectivity index (χ3v) is 3.07. The molecule has 2 N–H and O–H groups in total. The predicted octanol–water partition coefficient (Wildman–Crippen LogP) is 2.73.